The maximum Gasteiger partial charge on any atom is -1.00 e. The summed E-state index contributed by atoms with van der Waals surface area (Å²) in [6.45, 7) is 4.53. The molecule has 0 N–H and O–H groups in total. The van der Waals surface area contributed by atoms with Crippen molar-refractivity contribution in [1.29, 1.82) is 0 Å². The molecule has 1 atom stereocenters. The van der Waals surface area contributed by atoms with Gasteiger partial charge in [0.1, 0.15) is 0 Å². The van der Waals surface area contributed by atoms with Gasteiger partial charge in [-0.15, -0.1) is 0 Å². The molecular weight excluding hydrogens is 326 g/mol. The third-order valence-corrected chi connectivity index (χ3v) is 5.41. The molecule has 0 amide bonds. The van der Waals surface area contributed by atoms with E-state index >= 15 is 0 Å². The van der Waals surface area contributed by atoms with Crippen LogP contribution < -0.4 is 24.8 Å². The topological polar surface area (TPSA) is 0 Å². The van der Waals surface area contributed by atoms with Crippen molar-refractivity contribution in [2.24, 2.45) is 5.92 Å². The second kappa shape index (κ2) is 6.40. The van der Waals surface area contributed by atoms with Crippen molar-refractivity contribution in [2.75, 3.05) is 0 Å². The number of allylic oxidation sites excluding steroid dienone is 4. The molecule has 0 saturated carbocycles. The third kappa shape index (κ3) is 3.06. The Morgan fingerprint density at radius 2 is 2.00 bits per heavy atom. The molecule has 0 aromatic carbocycles. The van der Waals surface area contributed by atoms with Gasteiger partial charge in [0.15, 0.2) is 0 Å². The average Bonchev–Trinajstić information content (AvgIpc) is 2.70. The van der Waals surface area contributed by atoms with Crippen molar-refractivity contribution >= 4 is 16.9 Å². The van der Waals surface area contributed by atoms with E-state index in [1.54, 1.807) is 28.0 Å². The summed E-state index contributed by atoms with van der Waals surface area (Å²) in [6, 6.07) is 4.33. The largest absolute Gasteiger partial charge is 1.00 e. The van der Waals surface area contributed by atoms with E-state index in [0.29, 0.717) is 5.92 Å². The summed E-state index contributed by atoms with van der Waals surface area (Å²) in [6.07, 6.45) is 2.39. The van der Waals surface area contributed by atoms with Gasteiger partial charge in [0, 0.05) is 0 Å². The molecule has 0 aliphatic heterocycles. The van der Waals surface area contributed by atoms with Gasteiger partial charge in [-0.3, -0.25) is 0 Å². The van der Waals surface area contributed by atoms with Gasteiger partial charge >= 0.3 is 98.7 Å². The summed E-state index contributed by atoms with van der Waals surface area (Å²) in [5, 5.41) is 2.15. The minimum Gasteiger partial charge on any atom is -1.00 e. The maximum atomic E-state index is 2.39. The summed E-state index contributed by atoms with van der Waals surface area (Å²) in [4.78, 5) is 1.42. The number of rotatable bonds is 1. The van der Waals surface area contributed by atoms with Gasteiger partial charge in [-0.1, -0.05) is 0 Å². The van der Waals surface area contributed by atoms with Crippen LogP contribution in [0, 0.1) is 5.92 Å². The molecule has 0 fully saturated rings. The molecule has 1 aliphatic carbocycles. The second-order valence-electron chi connectivity index (χ2n) is 3.38. The fourth-order valence-corrected chi connectivity index (χ4v) is 2.99. The van der Waals surface area contributed by atoms with Gasteiger partial charge in [-0.05, 0) is 0 Å². The molecule has 0 bridgehead atoms. The van der Waals surface area contributed by atoms with Gasteiger partial charge in [0.05, 0.1) is 0 Å². The van der Waals surface area contributed by atoms with Crippen LogP contribution in [0.3, 0.4) is 0 Å². The van der Waals surface area contributed by atoms with Crippen LogP contribution in [0.5, 0.6) is 0 Å². The third-order valence-electron chi connectivity index (χ3n) is 2.47. The standard InChI is InChI=1S/C11H11S.2ClH.Zr/c1-8-6-9(2)10(7-8)11-4-3-5-12-11;;;/h3-5,7-8H,1-2H3;2*1H;/q;;;+2/p-2. The van der Waals surface area contributed by atoms with Crippen LogP contribution >= 0.6 is 11.3 Å². The molecule has 0 nitrogen and oxygen atoms in total. The van der Waals surface area contributed by atoms with Gasteiger partial charge < -0.3 is 24.8 Å². The van der Waals surface area contributed by atoms with E-state index in [4.69, 9.17) is 0 Å². The van der Waals surface area contributed by atoms with Gasteiger partial charge in [-0.2, -0.15) is 0 Å². The number of hydrogen-bond acceptors (Lipinski definition) is 1. The van der Waals surface area contributed by atoms with Crippen LogP contribution in [0.15, 0.2) is 32.4 Å². The average molecular weight is 337 g/mol. The number of halogens is 2. The summed E-state index contributed by atoms with van der Waals surface area (Å²) in [5.41, 5.74) is 2.97. The molecule has 0 spiro atoms. The van der Waals surface area contributed by atoms with Crippen molar-refractivity contribution in [3.63, 3.8) is 0 Å². The molecule has 4 heteroatoms. The Hall–Kier alpha value is 0.643. The SMILES string of the molecule is CC1=[C]([Zr+2])C(C)C=C1c1cccs1.[Cl-].[Cl-]. The molecule has 1 aliphatic rings. The molecule has 15 heavy (non-hydrogen) atoms. The fourth-order valence-electron chi connectivity index (χ4n) is 1.64. The predicted octanol–water partition coefficient (Wildman–Crippen LogP) is -2.39. The zero-order chi connectivity index (χ0) is 9.42. The van der Waals surface area contributed by atoms with Crippen molar-refractivity contribution in [1.82, 2.24) is 0 Å². The molecule has 1 aromatic heterocycles. The molecule has 1 aromatic rings. The van der Waals surface area contributed by atoms with Crippen molar-refractivity contribution in [3.8, 4) is 0 Å². The Kier molecular flexibility index (Phi) is 6.67. The summed E-state index contributed by atoms with van der Waals surface area (Å²) in [7, 11) is 0. The first-order chi connectivity index (χ1) is 6.20. The zero-order valence-electron chi connectivity index (χ0n) is 8.55. The van der Waals surface area contributed by atoms with Gasteiger partial charge in [0.2, 0.25) is 0 Å². The Labute approximate surface area is 123 Å². The van der Waals surface area contributed by atoms with Crippen LogP contribution in [-0.2, 0) is 24.7 Å². The molecule has 79 valence electrons. The smallest absolute Gasteiger partial charge is 1.00 e. The van der Waals surface area contributed by atoms with E-state index in [1.165, 1.54) is 16.0 Å². The molecule has 0 radical (unpaired) electrons. The van der Waals surface area contributed by atoms with Gasteiger partial charge in [0.25, 0.3) is 0 Å². The summed E-state index contributed by atoms with van der Waals surface area (Å²) < 4.78 is 1.61. The van der Waals surface area contributed by atoms with Gasteiger partial charge in [-0.25, -0.2) is 0 Å². The number of hydrogen-bond donors (Lipinski definition) is 0. The first kappa shape index (κ1) is 15.6. The normalized spacial score (nSPS) is 19.5. The van der Waals surface area contributed by atoms with E-state index in [0.717, 1.165) is 0 Å². The molecule has 1 unspecified atom stereocenters. The zero-order valence-corrected chi connectivity index (χ0v) is 13.3. The van der Waals surface area contributed by atoms with Crippen LogP contribution in [0.25, 0.3) is 5.57 Å². The van der Waals surface area contributed by atoms with E-state index in [9.17, 15) is 0 Å². The molecule has 1 heterocycles. The van der Waals surface area contributed by atoms with Crippen LogP contribution in [0.1, 0.15) is 18.7 Å². The molecule has 0 saturated heterocycles. The van der Waals surface area contributed by atoms with E-state index in [1.807, 2.05) is 11.3 Å². The summed E-state index contributed by atoms with van der Waals surface area (Å²) >= 11 is 3.40. The van der Waals surface area contributed by atoms with Crippen molar-refractivity contribution in [2.45, 2.75) is 13.8 Å². The monoisotopic (exact) mass is 335 g/mol. The Morgan fingerprint density at radius 3 is 2.40 bits per heavy atom. The predicted molar refractivity (Wildman–Crippen MR) is 54.2 cm³/mol. The summed E-state index contributed by atoms with van der Waals surface area (Å²) in [5.74, 6) is 0.662. The maximum absolute atomic E-state index is 2.39. The van der Waals surface area contributed by atoms with E-state index in [-0.39, 0.29) is 24.8 Å². The van der Waals surface area contributed by atoms with E-state index in [2.05, 4.69) is 37.4 Å². The van der Waals surface area contributed by atoms with Crippen molar-refractivity contribution < 1.29 is 49.5 Å². The van der Waals surface area contributed by atoms with Crippen LogP contribution in [0.4, 0.5) is 0 Å². The minimum absolute atomic E-state index is 0. The second-order valence-corrected chi connectivity index (χ2v) is 5.66. The Bertz CT molecular complexity index is 379. The molecular formula is C11H11Cl2SZr. The molecule has 2 rings (SSSR count). The number of thiophene rings is 1. The van der Waals surface area contributed by atoms with Crippen LogP contribution in [-0.4, -0.2) is 0 Å². The first-order valence-corrected chi connectivity index (χ1v) is 6.49. The van der Waals surface area contributed by atoms with E-state index < -0.39 is 0 Å². The quantitative estimate of drug-likeness (QED) is 0.537. The van der Waals surface area contributed by atoms with Crippen molar-refractivity contribution in [3.05, 3.63) is 37.3 Å². The Balaban J connectivity index is 0.000000980. The fraction of sp³-hybridized carbons (Fsp3) is 0.273. The Morgan fingerprint density at radius 1 is 1.33 bits per heavy atom. The van der Waals surface area contributed by atoms with Crippen LogP contribution in [0.2, 0.25) is 0 Å². The first-order valence-electron chi connectivity index (χ1n) is 4.38. The minimum atomic E-state index is 0.